The monoisotopic (exact) mass is 319 g/mol. The van der Waals surface area contributed by atoms with Crippen molar-refractivity contribution in [1.29, 1.82) is 0 Å². The maximum Gasteiger partial charge on any atom is 0.262 e. The summed E-state index contributed by atoms with van der Waals surface area (Å²) in [6.07, 6.45) is 0. The average molecular weight is 320 g/mol. The Bertz CT molecular complexity index is 567. The van der Waals surface area contributed by atoms with Crippen molar-refractivity contribution in [3.63, 3.8) is 0 Å². The summed E-state index contributed by atoms with van der Waals surface area (Å²) in [5, 5.41) is 2.82. The van der Waals surface area contributed by atoms with Crippen LogP contribution in [0.1, 0.15) is 5.56 Å². The molecule has 0 saturated carbocycles. The smallest absolute Gasteiger partial charge is 0.262 e. The van der Waals surface area contributed by atoms with E-state index in [2.05, 4.69) is 21.2 Å². The van der Waals surface area contributed by atoms with Crippen molar-refractivity contribution < 1.29 is 9.53 Å². The highest BCUT2D eigenvalue weighted by molar-refractivity contribution is 9.10. The molecule has 0 aromatic heterocycles. The number of hydrogen-bond donors (Lipinski definition) is 1. The van der Waals surface area contributed by atoms with E-state index in [4.69, 9.17) is 4.74 Å². The normalized spacial score (nSPS) is 10.0. The van der Waals surface area contributed by atoms with Crippen LogP contribution in [0.4, 0.5) is 5.69 Å². The summed E-state index contributed by atoms with van der Waals surface area (Å²) in [4.78, 5) is 11.8. The summed E-state index contributed by atoms with van der Waals surface area (Å²) >= 11 is 3.34. The third-order valence-electron chi connectivity index (χ3n) is 2.60. The third kappa shape index (κ3) is 4.10. The summed E-state index contributed by atoms with van der Waals surface area (Å²) in [5.41, 5.74) is 1.84. The van der Waals surface area contributed by atoms with Gasteiger partial charge in [0, 0.05) is 10.2 Å². The van der Waals surface area contributed by atoms with Crippen molar-refractivity contribution in [3.8, 4) is 5.75 Å². The summed E-state index contributed by atoms with van der Waals surface area (Å²) < 4.78 is 6.38. The first kappa shape index (κ1) is 13.6. The molecular weight excluding hydrogens is 306 g/mol. The largest absolute Gasteiger partial charge is 0.484 e. The number of amides is 1. The van der Waals surface area contributed by atoms with Crippen LogP contribution in [-0.4, -0.2) is 12.5 Å². The SMILES string of the molecule is Cc1ccccc1NC(=O)COc1ccc(Br)cc1. The van der Waals surface area contributed by atoms with Crippen molar-refractivity contribution in [2.75, 3.05) is 11.9 Å². The van der Waals surface area contributed by atoms with Crippen molar-refractivity contribution >= 4 is 27.5 Å². The topological polar surface area (TPSA) is 38.3 Å². The van der Waals surface area contributed by atoms with Crippen LogP contribution in [0, 0.1) is 6.92 Å². The van der Waals surface area contributed by atoms with E-state index >= 15 is 0 Å². The number of nitrogens with one attached hydrogen (secondary N) is 1. The minimum Gasteiger partial charge on any atom is -0.484 e. The molecule has 2 rings (SSSR count). The molecule has 19 heavy (non-hydrogen) atoms. The van der Waals surface area contributed by atoms with Gasteiger partial charge in [0.15, 0.2) is 6.61 Å². The zero-order valence-electron chi connectivity index (χ0n) is 10.5. The Kier molecular flexibility index (Phi) is 4.58. The lowest BCUT2D eigenvalue weighted by molar-refractivity contribution is -0.118. The minimum absolute atomic E-state index is 0.00400. The second kappa shape index (κ2) is 6.38. The second-order valence-corrected chi connectivity index (χ2v) is 5.02. The molecule has 0 atom stereocenters. The van der Waals surface area contributed by atoms with Gasteiger partial charge in [-0.25, -0.2) is 0 Å². The van der Waals surface area contributed by atoms with Crippen LogP contribution in [0.15, 0.2) is 53.0 Å². The van der Waals surface area contributed by atoms with E-state index in [9.17, 15) is 4.79 Å². The quantitative estimate of drug-likeness (QED) is 0.931. The summed E-state index contributed by atoms with van der Waals surface area (Å²) in [5.74, 6) is 0.500. The molecule has 4 heteroatoms. The number of hydrogen-bond acceptors (Lipinski definition) is 2. The maximum absolute atomic E-state index is 11.8. The molecule has 98 valence electrons. The molecule has 2 aromatic rings. The van der Waals surface area contributed by atoms with E-state index in [0.717, 1.165) is 15.7 Å². The molecular formula is C15H14BrNO2. The van der Waals surface area contributed by atoms with Crippen LogP contribution in [0.3, 0.4) is 0 Å². The van der Waals surface area contributed by atoms with Crippen molar-refractivity contribution in [2.24, 2.45) is 0 Å². The fourth-order valence-electron chi connectivity index (χ4n) is 1.58. The van der Waals surface area contributed by atoms with Gasteiger partial charge in [-0.1, -0.05) is 34.1 Å². The number of halogens is 1. The highest BCUT2D eigenvalue weighted by Crippen LogP contribution is 2.16. The van der Waals surface area contributed by atoms with Gasteiger partial charge < -0.3 is 10.1 Å². The standard InChI is InChI=1S/C15H14BrNO2/c1-11-4-2-3-5-14(11)17-15(18)10-19-13-8-6-12(16)7-9-13/h2-9H,10H2,1H3,(H,17,18). The number of rotatable bonds is 4. The molecule has 0 spiro atoms. The Morgan fingerprint density at radius 3 is 2.53 bits per heavy atom. The van der Waals surface area contributed by atoms with Crippen LogP contribution < -0.4 is 10.1 Å². The number of aryl methyl sites for hydroxylation is 1. The number of carbonyl (C=O) groups excluding carboxylic acids is 1. The van der Waals surface area contributed by atoms with Crippen LogP contribution in [-0.2, 0) is 4.79 Å². The fraction of sp³-hybridized carbons (Fsp3) is 0.133. The molecule has 2 aromatic carbocycles. The highest BCUT2D eigenvalue weighted by Gasteiger charge is 2.05. The van der Waals surface area contributed by atoms with Gasteiger partial charge >= 0.3 is 0 Å². The summed E-state index contributed by atoms with van der Waals surface area (Å²) in [7, 11) is 0. The number of benzene rings is 2. The Labute approximate surface area is 120 Å². The summed E-state index contributed by atoms with van der Waals surface area (Å²) in [6.45, 7) is 1.95. The van der Waals surface area contributed by atoms with E-state index in [1.165, 1.54) is 0 Å². The van der Waals surface area contributed by atoms with Gasteiger partial charge in [-0.2, -0.15) is 0 Å². The second-order valence-electron chi connectivity index (χ2n) is 4.11. The maximum atomic E-state index is 11.8. The molecule has 0 aliphatic rings. The van der Waals surface area contributed by atoms with Gasteiger partial charge in [0.1, 0.15) is 5.75 Å². The van der Waals surface area contributed by atoms with E-state index in [0.29, 0.717) is 5.75 Å². The molecule has 0 aliphatic heterocycles. The average Bonchev–Trinajstić information content (AvgIpc) is 2.41. The van der Waals surface area contributed by atoms with Crippen LogP contribution in [0.5, 0.6) is 5.75 Å². The van der Waals surface area contributed by atoms with Crippen LogP contribution in [0.2, 0.25) is 0 Å². The third-order valence-corrected chi connectivity index (χ3v) is 3.13. The Morgan fingerprint density at radius 1 is 1.16 bits per heavy atom. The van der Waals surface area contributed by atoms with Crippen LogP contribution >= 0.6 is 15.9 Å². The van der Waals surface area contributed by atoms with Gasteiger partial charge in [-0.15, -0.1) is 0 Å². The molecule has 1 amide bonds. The molecule has 1 N–H and O–H groups in total. The van der Waals surface area contributed by atoms with Gasteiger partial charge in [0.2, 0.25) is 0 Å². The van der Waals surface area contributed by atoms with Gasteiger partial charge in [-0.05, 0) is 42.8 Å². The fourth-order valence-corrected chi connectivity index (χ4v) is 1.84. The Morgan fingerprint density at radius 2 is 1.84 bits per heavy atom. The number of para-hydroxylation sites is 1. The molecule has 0 heterocycles. The summed E-state index contributed by atoms with van der Waals surface area (Å²) in [6, 6.07) is 15.0. The van der Waals surface area contributed by atoms with E-state index in [1.54, 1.807) is 0 Å². The Hall–Kier alpha value is -1.81. The van der Waals surface area contributed by atoms with Gasteiger partial charge in [0.05, 0.1) is 0 Å². The lowest BCUT2D eigenvalue weighted by atomic mass is 10.2. The molecule has 3 nitrogen and oxygen atoms in total. The van der Waals surface area contributed by atoms with Crippen molar-refractivity contribution in [3.05, 3.63) is 58.6 Å². The Balaban J connectivity index is 1.88. The predicted octanol–water partition coefficient (Wildman–Crippen LogP) is 3.78. The van der Waals surface area contributed by atoms with Crippen molar-refractivity contribution in [2.45, 2.75) is 6.92 Å². The number of ether oxygens (including phenoxy) is 1. The van der Waals surface area contributed by atoms with Gasteiger partial charge in [0.25, 0.3) is 5.91 Å². The number of carbonyl (C=O) groups is 1. The van der Waals surface area contributed by atoms with E-state index < -0.39 is 0 Å². The molecule has 0 radical (unpaired) electrons. The zero-order chi connectivity index (χ0) is 13.7. The van der Waals surface area contributed by atoms with Gasteiger partial charge in [-0.3, -0.25) is 4.79 Å². The first-order valence-corrected chi connectivity index (χ1v) is 6.68. The first-order chi connectivity index (χ1) is 9.15. The molecule has 0 aliphatic carbocycles. The lowest BCUT2D eigenvalue weighted by Gasteiger charge is -2.09. The molecule has 0 saturated heterocycles. The van der Waals surface area contributed by atoms with Crippen molar-refractivity contribution in [1.82, 2.24) is 0 Å². The van der Waals surface area contributed by atoms with Crippen LogP contribution in [0.25, 0.3) is 0 Å². The highest BCUT2D eigenvalue weighted by atomic mass is 79.9. The van der Waals surface area contributed by atoms with E-state index in [1.807, 2.05) is 55.5 Å². The molecule has 0 unspecified atom stereocenters. The van der Waals surface area contributed by atoms with E-state index in [-0.39, 0.29) is 12.5 Å². The predicted molar refractivity (Wildman–Crippen MR) is 79.4 cm³/mol. The zero-order valence-corrected chi connectivity index (χ0v) is 12.1. The molecule has 0 fully saturated rings. The minimum atomic E-state index is -0.169. The lowest BCUT2D eigenvalue weighted by Crippen LogP contribution is -2.20. The molecule has 0 bridgehead atoms. The number of anilines is 1. The first-order valence-electron chi connectivity index (χ1n) is 5.89.